The molecule has 0 saturated carbocycles. The Hall–Kier alpha value is -5.90. The summed E-state index contributed by atoms with van der Waals surface area (Å²) in [5.74, 6) is 0.740. The molecular weight excluding hydrogens is 589 g/mol. The number of fused-ring (bicyclic) bond motifs is 5. The molecule has 0 atom stereocenters. The van der Waals surface area contributed by atoms with E-state index in [9.17, 15) is 0 Å². The van der Waals surface area contributed by atoms with Gasteiger partial charge in [-0.1, -0.05) is 146 Å². The zero-order valence-corrected chi connectivity index (χ0v) is 26.3. The highest BCUT2D eigenvalue weighted by Crippen LogP contribution is 2.41. The van der Waals surface area contributed by atoms with Gasteiger partial charge >= 0.3 is 0 Å². The molecule has 9 rings (SSSR count). The Bertz CT molecular complexity index is 2550. The van der Waals surface area contributed by atoms with E-state index in [1.807, 2.05) is 29.5 Å². The maximum Gasteiger partial charge on any atom is 0.160 e. The number of hydrogen-bond donors (Lipinski definition) is 0. The first kappa shape index (κ1) is 27.4. The van der Waals surface area contributed by atoms with Gasteiger partial charge in [0.25, 0.3) is 0 Å². The number of nitrogens with zero attached hydrogens (tertiary/aromatic N) is 2. The quantitative estimate of drug-likeness (QED) is 0.192. The molecule has 9 aromatic rings. The van der Waals surface area contributed by atoms with E-state index in [0.717, 1.165) is 39.1 Å². The molecular formula is C44H28N2S. The zero-order valence-electron chi connectivity index (χ0n) is 25.5. The first-order valence-electron chi connectivity index (χ1n) is 15.8. The average Bonchev–Trinajstić information content (AvgIpc) is 3.55. The van der Waals surface area contributed by atoms with Gasteiger partial charge in [0.2, 0.25) is 0 Å². The van der Waals surface area contributed by atoms with Crippen molar-refractivity contribution in [1.29, 1.82) is 0 Å². The number of benzene rings is 7. The third-order valence-corrected chi connectivity index (χ3v) is 10.1. The van der Waals surface area contributed by atoms with Crippen molar-refractivity contribution in [1.82, 2.24) is 9.97 Å². The minimum atomic E-state index is 0.740. The molecule has 0 bridgehead atoms. The number of aromatic nitrogens is 2. The summed E-state index contributed by atoms with van der Waals surface area (Å²) < 4.78 is 2.47. The summed E-state index contributed by atoms with van der Waals surface area (Å²) in [4.78, 5) is 10.4. The Balaban J connectivity index is 1.16. The Morgan fingerprint density at radius 1 is 0.340 bits per heavy atom. The van der Waals surface area contributed by atoms with Gasteiger partial charge in [0.15, 0.2) is 5.82 Å². The summed E-state index contributed by atoms with van der Waals surface area (Å²) in [7, 11) is 0. The average molecular weight is 617 g/mol. The van der Waals surface area contributed by atoms with Crippen molar-refractivity contribution >= 4 is 42.4 Å². The molecule has 0 saturated heterocycles. The van der Waals surface area contributed by atoms with Crippen LogP contribution in [0, 0.1) is 0 Å². The maximum absolute atomic E-state index is 5.23. The SMILES string of the molecule is c1ccc(-c2ccc(-c3cccc(-c4cccc(-c5nc(-c6ccccc6)nc6c5ccc5c7ccccc7sc56)c4)c3)cc2)cc1. The molecule has 2 aromatic heterocycles. The van der Waals surface area contributed by atoms with Crippen molar-refractivity contribution in [2.75, 3.05) is 0 Å². The molecule has 0 unspecified atom stereocenters. The monoisotopic (exact) mass is 616 g/mol. The molecule has 3 heteroatoms. The first-order valence-corrected chi connectivity index (χ1v) is 16.6. The van der Waals surface area contributed by atoms with Crippen molar-refractivity contribution in [3.05, 3.63) is 170 Å². The Morgan fingerprint density at radius 2 is 0.851 bits per heavy atom. The van der Waals surface area contributed by atoms with E-state index >= 15 is 0 Å². The topological polar surface area (TPSA) is 25.8 Å². The Labute approximate surface area is 277 Å². The molecule has 0 spiro atoms. The predicted molar refractivity (Wildman–Crippen MR) is 200 cm³/mol. The van der Waals surface area contributed by atoms with Gasteiger partial charge in [0.05, 0.1) is 15.9 Å². The number of rotatable bonds is 5. The van der Waals surface area contributed by atoms with Crippen LogP contribution in [0.1, 0.15) is 0 Å². The minimum absolute atomic E-state index is 0.740. The second kappa shape index (κ2) is 11.5. The summed E-state index contributed by atoms with van der Waals surface area (Å²) in [6.45, 7) is 0. The van der Waals surface area contributed by atoms with Crippen LogP contribution in [0.15, 0.2) is 170 Å². The van der Waals surface area contributed by atoms with Crippen molar-refractivity contribution in [3.63, 3.8) is 0 Å². The van der Waals surface area contributed by atoms with Crippen LogP contribution in [0.4, 0.5) is 0 Å². The van der Waals surface area contributed by atoms with Crippen LogP contribution in [0.25, 0.3) is 87.1 Å². The van der Waals surface area contributed by atoms with Crippen molar-refractivity contribution < 1.29 is 0 Å². The lowest BCUT2D eigenvalue weighted by Gasteiger charge is -2.12. The molecule has 7 aromatic carbocycles. The summed E-state index contributed by atoms with van der Waals surface area (Å²) in [6.07, 6.45) is 0. The molecule has 220 valence electrons. The zero-order chi connectivity index (χ0) is 31.2. The molecule has 47 heavy (non-hydrogen) atoms. The van der Waals surface area contributed by atoms with Crippen molar-refractivity contribution in [2.45, 2.75) is 0 Å². The fourth-order valence-electron chi connectivity index (χ4n) is 6.52. The van der Waals surface area contributed by atoms with Crippen LogP contribution >= 0.6 is 11.3 Å². The lowest BCUT2D eigenvalue weighted by molar-refractivity contribution is 1.23. The largest absolute Gasteiger partial charge is 0.227 e. The van der Waals surface area contributed by atoms with Crippen molar-refractivity contribution in [2.24, 2.45) is 0 Å². The summed E-state index contributed by atoms with van der Waals surface area (Å²) in [6, 6.07) is 60.3. The molecule has 0 amide bonds. The third kappa shape index (κ3) is 4.98. The predicted octanol–water partition coefficient (Wildman–Crippen LogP) is 12.3. The van der Waals surface area contributed by atoms with Gasteiger partial charge in [-0.05, 0) is 57.6 Å². The lowest BCUT2D eigenvalue weighted by atomic mass is 9.95. The highest BCUT2D eigenvalue weighted by Gasteiger charge is 2.17. The highest BCUT2D eigenvalue weighted by molar-refractivity contribution is 7.26. The molecule has 2 heterocycles. The number of thiophene rings is 1. The van der Waals surface area contributed by atoms with Crippen molar-refractivity contribution in [3.8, 4) is 56.0 Å². The normalized spacial score (nSPS) is 11.4. The molecule has 0 aliphatic rings. The van der Waals surface area contributed by atoms with E-state index in [1.165, 1.54) is 48.0 Å². The number of hydrogen-bond acceptors (Lipinski definition) is 3. The Morgan fingerprint density at radius 3 is 1.57 bits per heavy atom. The smallest absolute Gasteiger partial charge is 0.160 e. The molecule has 0 aliphatic heterocycles. The van der Waals surface area contributed by atoms with Gasteiger partial charge in [0.1, 0.15) is 0 Å². The maximum atomic E-state index is 5.23. The molecule has 0 aliphatic carbocycles. The Kier molecular flexibility index (Phi) is 6.69. The molecule has 0 N–H and O–H groups in total. The van der Waals surface area contributed by atoms with Gasteiger partial charge in [-0.15, -0.1) is 11.3 Å². The first-order chi connectivity index (χ1) is 23.3. The van der Waals surface area contributed by atoms with E-state index in [4.69, 9.17) is 9.97 Å². The molecule has 0 fully saturated rings. The van der Waals surface area contributed by atoms with Gasteiger partial charge in [-0.25, -0.2) is 9.97 Å². The summed E-state index contributed by atoms with van der Waals surface area (Å²) >= 11 is 1.81. The van der Waals surface area contributed by atoms with Gasteiger partial charge in [0, 0.05) is 32.0 Å². The van der Waals surface area contributed by atoms with Crippen LogP contribution in [-0.4, -0.2) is 9.97 Å². The van der Waals surface area contributed by atoms with E-state index in [2.05, 4.69) is 152 Å². The van der Waals surface area contributed by atoms with Crippen LogP contribution in [0.2, 0.25) is 0 Å². The van der Waals surface area contributed by atoms with Crippen LogP contribution in [0.3, 0.4) is 0 Å². The van der Waals surface area contributed by atoms with Gasteiger partial charge in [-0.3, -0.25) is 0 Å². The second-order valence-corrected chi connectivity index (χ2v) is 12.9. The molecule has 0 radical (unpaired) electrons. The van der Waals surface area contributed by atoms with E-state index in [1.54, 1.807) is 0 Å². The van der Waals surface area contributed by atoms with E-state index in [-0.39, 0.29) is 0 Å². The lowest BCUT2D eigenvalue weighted by Crippen LogP contribution is -1.95. The minimum Gasteiger partial charge on any atom is -0.227 e. The second-order valence-electron chi connectivity index (χ2n) is 11.8. The van der Waals surface area contributed by atoms with E-state index in [0.29, 0.717) is 0 Å². The fraction of sp³-hybridized carbons (Fsp3) is 0. The van der Waals surface area contributed by atoms with Gasteiger partial charge < -0.3 is 0 Å². The van der Waals surface area contributed by atoms with Gasteiger partial charge in [-0.2, -0.15) is 0 Å². The summed E-state index contributed by atoms with van der Waals surface area (Å²) in [5.41, 5.74) is 11.2. The standard InChI is InChI=1S/C44H28N2S/c1-3-11-29(12-4-1)30-21-23-31(24-22-30)33-15-9-16-34(27-33)35-17-10-18-36(28-35)41-39-26-25-38-37-19-7-8-20-40(37)47-43(38)42(39)46-44(45-41)32-13-5-2-6-14-32/h1-28H. The van der Waals surface area contributed by atoms with Crippen LogP contribution < -0.4 is 0 Å². The van der Waals surface area contributed by atoms with E-state index < -0.39 is 0 Å². The summed E-state index contributed by atoms with van der Waals surface area (Å²) in [5, 5.41) is 3.57. The van der Waals surface area contributed by atoms with Crippen LogP contribution in [-0.2, 0) is 0 Å². The van der Waals surface area contributed by atoms with Crippen LogP contribution in [0.5, 0.6) is 0 Å². The molecule has 2 nitrogen and oxygen atoms in total. The fourth-order valence-corrected chi connectivity index (χ4v) is 7.71. The highest BCUT2D eigenvalue weighted by atomic mass is 32.1. The third-order valence-electron chi connectivity index (χ3n) is 8.90.